The van der Waals surface area contributed by atoms with Crippen LogP contribution in [0.3, 0.4) is 0 Å². The number of anilines is 2. The van der Waals surface area contributed by atoms with Gasteiger partial charge >= 0.3 is 0 Å². The van der Waals surface area contributed by atoms with Crippen molar-refractivity contribution in [1.82, 2.24) is 15.1 Å². The van der Waals surface area contributed by atoms with Crippen LogP contribution in [0.2, 0.25) is 0 Å². The van der Waals surface area contributed by atoms with Crippen LogP contribution in [0.1, 0.15) is 17.8 Å². The Labute approximate surface area is 157 Å². The Bertz CT molecular complexity index is 976. The average Bonchev–Trinajstić information content (AvgIpc) is 3.00. The van der Waals surface area contributed by atoms with Crippen molar-refractivity contribution in [3.8, 4) is 17.5 Å². The second-order valence-electron chi connectivity index (χ2n) is 6.48. The molecule has 0 N–H and O–H groups in total. The quantitative estimate of drug-likeness (QED) is 0.710. The molecule has 7 heteroatoms. The van der Waals surface area contributed by atoms with Gasteiger partial charge in [-0.05, 0) is 37.6 Å². The van der Waals surface area contributed by atoms with Gasteiger partial charge in [0.15, 0.2) is 5.82 Å². The molecule has 4 rings (SSSR count). The molecule has 3 aromatic rings. The molecule has 0 aliphatic carbocycles. The van der Waals surface area contributed by atoms with E-state index in [1.165, 1.54) is 0 Å². The molecule has 0 spiro atoms. The summed E-state index contributed by atoms with van der Waals surface area (Å²) in [4.78, 5) is 13.5. The largest absolute Gasteiger partial charge is 0.369 e. The van der Waals surface area contributed by atoms with Gasteiger partial charge in [-0.1, -0.05) is 17.3 Å². The van der Waals surface area contributed by atoms with Gasteiger partial charge < -0.3 is 14.3 Å². The van der Waals surface area contributed by atoms with Gasteiger partial charge in [-0.25, -0.2) is 4.98 Å². The molecule has 1 aromatic carbocycles. The molecular formula is C20H20N6O. The van der Waals surface area contributed by atoms with Crippen LogP contribution in [-0.2, 0) is 0 Å². The van der Waals surface area contributed by atoms with Gasteiger partial charge in [-0.2, -0.15) is 10.2 Å². The average molecular weight is 360 g/mol. The van der Waals surface area contributed by atoms with Crippen LogP contribution in [0.25, 0.3) is 11.5 Å². The van der Waals surface area contributed by atoms with Gasteiger partial charge in [0.05, 0.1) is 16.8 Å². The molecular weight excluding hydrogens is 340 g/mol. The fourth-order valence-corrected chi connectivity index (χ4v) is 3.44. The number of rotatable bonds is 3. The number of hydrogen-bond acceptors (Lipinski definition) is 7. The number of para-hydroxylation sites is 1. The molecule has 1 aliphatic rings. The Morgan fingerprint density at radius 1 is 1.04 bits per heavy atom. The number of nitrogens with zero attached hydrogens (tertiary/aromatic N) is 6. The van der Waals surface area contributed by atoms with E-state index in [-0.39, 0.29) is 0 Å². The Balaban J connectivity index is 1.59. The predicted molar refractivity (Wildman–Crippen MR) is 102 cm³/mol. The van der Waals surface area contributed by atoms with Gasteiger partial charge in [-0.15, -0.1) is 0 Å². The van der Waals surface area contributed by atoms with Crippen molar-refractivity contribution >= 4 is 11.5 Å². The molecule has 27 heavy (non-hydrogen) atoms. The van der Waals surface area contributed by atoms with E-state index in [2.05, 4.69) is 31.0 Å². The number of aromatic nitrogens is 3. The van der Waals surface area contributed by atoms with Crippen molar-refractivity contribution in [3.63, 3.8) is 0 Å². The van der Waals surface area contributed by atoms with Crippen LogP contribution in [0.15, 0.2) is 47.1 Å². The highest BCUT2D eigenvalue weighted by Gasteiger charge is 2.22. The molecule has 0 unspecified atom stereocenters. The molecule has 1 aliphatic heterocycles. The standard InChI is InChI=1S/C20H20N6O/c1-15-23-20(27-24-15)17-7-4-9-22-19(17)26-11-5-10-25(12-13-26)18-8-3-2-6-16(18)14-21/h2-4,6-9H,5,10-13H2,1H3. The van der Waals surface area contributed by atoms with E-state index in [4.69, 9.17) is 4.52 Å². The summed E-state index contributed by atoms with van der Waals surface area (Å²) in [6.07, 6.45) is 2.76. The fraction of sp³-hybridized carbons (Fsp3) is 0.300. The topological polar surface area (TPSA) is 82.1 Å². The lowest BCUT2D eigenvalue weighted by Crippen LogP contribution is -2.31. The monoisotopic (exact) mass is 360 g/mol. The molecule has 0 bridgehead atoms. The summed E-state index contributed by atoms with van der Waals surface area (Å²) in [5.74, 6) is 1.96. The van der Waals surface area contributed by atoms with Crippen LogP contribution in [0, 0.1) is 18.3 Å². The van der Waals surface area contributed by atoms with Gasteiger partial charge in [0.2, 0.25) is 0 Å². The molecule has 0 amide bonds. The van der Waals surface area contributed by atoms with Crippen molar-refractivity contribution in [2.75, 3.05) is 36.0 Å². The first-order chi connectivity index (χ1) is 13.3. The molecule has 2 aromatic heterocycles. The lowest BCUT2D eigenvalue weighted by molar-refractivity contribution is 0.425. The number of aryl methyl sites for hydroxylation is 1. The third kappa shape index (κ3) is 3.47. The van der Waals surface area contributed by atoms with Crippen molar-refractivity contribution in [1.29, 1.82) is 5.26 Å². The van der Waals surface area contributed by atoms with Crippen LogP contribution in [0.4, 0.5) is 11.5 Å². The van der Waals surface area contributed by atoms with Crippen LogP contribution < -0.4 is 9.80 Å². The predicted octanol–water partition coefficient (Wildman–Crippen LogP) is 3.03. The smallest absolute Gasteiger partial charge is 0.261 e. The Kier molecular flexibility index (Phi) is 4.71. The SMILES string of the molecule is Cc1noc(-c2cccnc2N2CCCN(c3ccccc3C#N)CC2)n1. The summed E-state index contributed by atoms with van der Waals surface area (Å²) in [6.45, 7) is 5.20. The minimum absolute atomic E-state index is 0.492. The lowest BCUT2D eigenvalue weighted by Gasteiger charge is -2.25. The second kappa shape index (κ2) is 7.46. The molecule has 3 heterocycles. The van der Waals surface area contributed by atoms with Crippen molar-refractivity contribution in [2.24, 2.45) is 0 Å². The molecule has 1 fully saturated rings. The highest BCUT2D eigenvalue weighted by Crippen LogP contribution is 2.29. The van der Waals surface area contributed by atoms with Gasteiger partial charge in [0.1, 0.15) is 11.9 Å². The van der Waals surface area contributed by atoms with E-state index in [9.17, 15) is 5.26 Å². The highest BCUT2D eigenvalue weighted by molar-refractivity contribution is 5.70. The number of pyridine rings is 1. The van der Waals surface area contributed by atoms with E-state index >= 15 is 0 Å². The Morgan fingerprint density at radius 2 is 1.85 bits per heavy atom. The molecule has 0 radical (unpaired) electrons. The zero-order valence-corrected chi connectivity index (χ0v) is 15.2. The molecule has 0 atom stereocenters. The van der Waals surface area contributed by atoms with Crippen molar-refractivity contribution < 1.29 is 4.52 Å². The van der Waals surface area contributed by atoms with Crippen molar-refractivity contribution in [2.45, 2.75) is 13.3 Å². The van der Waals surface area contributed by atoms with Crippen molar-refractivity contribution in [3.05, 3.63) is 54.0 Å². The maximum Gasteiger partial charge on any atom is 0.261 e. The molecule has 136 valence electrons. The van der Waals surface area contributed by atoms with E-state index in [1.54, 1.807) is 13.1 Å². The zero-order valence-electron chi connectivity index (χ0n) is 15.2. The lowest BCUT2D eigenvalue weighted by atomic mass is 10.1. The summed E-state index contributed by atoms with van der Waals surface area (Å²) in [6, 6.07) is 13.9. The van der Waals surface area contributed by atoms with Crippen LogP contribution >= 0.6 is 0 Å². The zero-order chi connectivity index (χ0) is 18.6. The summed E-state index contributed by atoms with van der Waals surface area (Å²) in [5.41, 5.74) is 2.56. The molecule has 7 nitrogen and oxygen atoms in total. The summed E-state index contributed by atoms with van der Waals surface area (Å²) >= 11 is 0. The van der Waals surface area contributed by atoms with E-state index in [0.29, 0.717) is 17.3 Å². The van der Waals surface area contributed by atoms with E-state index < -0.39 is 0 Å². The fourth-order valence-electron chi connectivity index (χ4n) is 3.44. The van der Waals surface area contributed by atoms with Crippen LogP contribution in [0.5, 0.6) is 0 Å². The third-order valence-corrected chi connectivity index (χ3v) is 4.71. The van der Waals surface area contributed by atoms with E-state index in [1.807, 2.05) is 36.4 Å². The Hall–Kier alpha value is -3.40. The highest BCUT2D eigenvalue weighted by atomic mass is 16.5. The van der Waals surface area contributed by atoms with Gasteiger partial charge in [0.25, 0.3) is 5.89 Å². The summed E-state index contributed by atoms with van der Waals surface area (Å²) in [5, 5.41) is 13.3. The van der Waals surface area contributed by atoms with E-state index in [0.717, 1.165) is 49.7 Å². The summed E-state index contributed by atoms with van der Waals surface area (Å²) in [7, 11) is 0. The first-order valence-corrected chi connectivity index (χ1v) is 9.01. The Morgan fingerprint density at radius 3 is 2.67 bits per heavy atom. The maximum absolute atomic E-state index is 9.39. The number of nitriles is 1. The van der Waals surface area contributed by atoms with Gasteiger partial charge in [0, 0.05) is 32.4 Å². The second-order valence-corrected chi connectivity index (χ2v) is 6.48. The first kappa shape index (κ1) is 17.0. The first-order valence-electron chi connectivity index (χ1n) is 9.01. The molecule has 0 saturated carbocycles. The van der Waals surface area contributed by atoms with Gasteiger partial charge in [-0.3, -0.25) is 0 Å². The maximum atomic E-state index is 9.39. The minimum Gasteiger partial charge on any atom is -0.369 e. The third-order valence-electron chi connectivity index (χ3n) is 4.71. The minimum atomic E-state index is 0.492. The normalized spacial score (nSPS) is 14.7. The molecule has 1 saturated heterocycles. The van der Waals surface area contributed by atoms with Crippen LogP contribution in [-0.4, -0.2) is 41.3 Å². The number of benzene rings is 1. The number of hydrogen-bond donors (Lipinski definition) is 0. The summed E-state index contributed by atoms with van der Waals surface area (Å²) < 4.78 is 5.36.